The first-order valence-electron chi connectivity index (χ1n) is 19.2. The van der Waals surface area contributed by atoms with Crippen LogP contribution in [0.2, 0.25) is 0 Å². The number of rotatable bonds is 47. The van der Waals surface area contributed by atoms with Crippen molar-refractivity contribution in [1.82, 2.24) is 0 Å². The zero-order valence-electron chi connectivity index (χ0n) is 36.5. The summed E-state index contributed by atoms with van der Waals surface area (Å²) in [6.45, 7) is -12.5. The van der Waals surface area contributed by atoms with Crippen LogP contribution in [0.3, 0.4) is 0 Å². The first-order valence-corrected chi connectivity index (χ1v) is 32.4. The summed E-state index contributed by atoms with van der Waals surface area (Å²) in [5.41, 5.74) is 0. The minimum absolute atomic E-state index is 0.155. The lowest BCUT2D eigenvalue weighted by molar-refractivity contribution is -0.238. The van der Waals surface area contributed by atoms with Crippen LogP contribution in [-0.4, -0.2) is 129 Å². The van der Waals surface area contributed by atoms with E-state index in [1.165, 1.54) is 6.92 Å². The lowest BCUT2D eigenvalue weighted by atomic mass is 10.1. The molecule has 37 nitrogen and oxygen atoms in total. The summed E-state index contributed by atoms with van der Waals surface area (Å²) in [7, 11) is -46.3. The van der Waals surface area contributed by atoms with Crippen molar-refractivity contribution < 1.29 is 172 Å². The normalized spacial score (nSPS) is 21.0. The number of hydrogen-bond acceptors (Lipinski definition) is 36. The molecule has 0 heterocycles. The van der Waals surface area contributed by atoms with Crippen molar-refractivity contribution in [2.24, 2.45) is 11.8 Å². The number of aliphatic hydroxyl groups excluding tert-OH is 1. The van der Waals surface area contributed by atoms with Crippen LogP contribution in [0, 0.1) is 11.8 Å². The number of hydrogen-bond donors (Lipinski definition) is 2. The maximum Gasteiger partial charge on any atom is 0.268 e. The van der Waals surface area contributed by atoms with Gasteiger partial charge in [-0.25, -0.2) is 0 Å². The molecule has 0 saturated heterocycles. The second kappa shape index (κ2) is 34.7. The minimum Gasteiger partial charge on any atom is -0.756 e. The molecule has 46 heteroatoms. The summed E-state index contributed by atoms with van der Waals surface area (Å²) in [6, 6.07) is 0. The van der Waals surface area contributed by atoms with Crippen LogP contribution >= 0.6 is 70.4 Å². The van der Waals surface area contributed by atoms with E-state index in [0.29, 0.717) is 6.42 Å². The van der Waals surface area contributed by atoms with Gasteiger partial charge in [-0.15, -0.1) is 0 Å². The van der Waals surface area contributed by atoms with Gasteiger partial charge in [-0.05, 0) is 12.8 Å². The van der Waals surface area contributed by atoms with Crippen molar-refractivity contribution >= 4 is 70.4 Å². The van der Waals surface area contributed by atoms with Gasteiger partial charge in [0.05, 0.1) is 112 Å². The molecule has 0 aromatic rings. The molecular formula is C24H50O37P9-9. The average molecular weight is 1210 g/mol. The molecular weight excluding hydrogens is 1160 g/mol. The van der Waals surface area contributed by atoms with Gasteiger partial charge in [0.1, 0.15) is 0 Å². The van der Waals surface area contributed by atoms with Crippen LogP contribution in [0.1, 0.15) is 26.7 Å². The van der Waals surface area contributed by atoms with E-state index in [1.54, 1.807) is 6.92 Å². The Morgan fingerprint density at radius 1 is 0.300 bits per heavy atom. The molecule has 0 aromatic carbocycles. The van der Waals surface area contributed by atoms with E-state index in [0.717, 1.165) is 0 Å². The Balaban J connectivity index is 4.25. The molecule has 422 valence electrons. The monoisotopic (exact) mass is 1210 g/mol. The fraction of sp³-hybridized carbons (Fsp3) is 1.00. The van der Waals surface area contributed by atoms with Crippen LogP contribution in [0.5, 0.6) is 0 Å². The number of phosphoric ester groups is 9. The topological polar surface area (TPSA) is 559 Å². The maximum atomic E-state index is 11.8. The number of phosphoric acid groups is 9. The fourth-order valence-corrected chi connectivity index (χ4v) is 9.52. The molecule has 0 bridgehead atoms. The molecule has 0 aliphatic heterocycles. The molecule has 11 unspecified atom stereocenters. The van der Waals surface area contributed by atoms with Gasteiger partial charge in [0.15, 0.2) is 0 Å². The first kappa shape index (κ1) is 71.0. The Labute approximate surface area is 399 Å². The highest BCUT2D eigenvalue weighted by molar-refractivity contribution is 7.48. The summed E-state index contributed by atoms with van der Waals surface area (Å²) in [5, 5.41) is 9.03. The molecule has 70 heavy (non-hydrogen) atoms. The first-order chi connectivity index (χ1) is 32.1. The smallest absolute Gasteiger partial charge is 0.268 e. The molecule has 0 fully saturated rings. The third kappa shape index (κ3) is 41.2. The van der Waals surface area contributed by atoms with Crippen LogP contribution in [-0.2, 0) is 118 Å². The van der Waals surface area contributed by atoms with E-state index in [4.69, 9.17) is 10.00 Å². The molecule has 0 aliphatic carbocycles. The van der Waals surface area contributed by atoms with Gasteiger partial charge < -0.3 is 131 Å². The van der Waals surface area contributed by atoms with Gasteiger partial charge in [-0.3, -0.25) is 41.1 Å². The quantitative estimate of drug-likeness (QED) is 0.0441. The van der Waals surface area contributed by atoms with E-state index in [9.17, 15) is 85.1 Å². The van der Waals surface area contributed by atoms with Crippen molar-refractivity contribution in [2.75, 3.05) is 119 Å². The Morgan fingerprint density at radius 3 is 0.614 bits per heavy atom. The molecule has 2 N–H and O–H groups in total. The second-order valence-corrected chi connectivity index (χ2v) is 24.8. The summed E-state index contributed by atoms with van der Waals surface area (Å²) < 4.78 is 178. The zero-order valence-corrected chi connectivity index (χ0v) is 44.6. The summed E-state index contributed by atoms with van der Waals surface area (Å²) in [5.74, 6) is -1.30. The van der Waals surface area contributed by atoms with E-state index in [2.05, 4.69) is 76.9 Å². The fourth-order valence-electron chi connectivity index (χ4n) is 3.56. The summed E-state index contributed by atoms with van der Waals surface area (Å²) >= 11 is 0. The van der Waals surface area contributed by atoms with Gasteiger partial charge in [0.2, 0.25) is 0 Å². The second-order valence-electron chi connectivity index (χ2n) is 12.3. The lowest BCUT2D eigenvalue weighted by Gasteiger charge is -2.27. The van der Waals surface area contributed by atoms with E-state index in [1.807, 2.05) is 0 Å². The molecule has 0 saturated carbocycles. The molecule has 0 aromatic heterocycles. The predicted molar refractivity (Wildman–Crippen MR) is 207 cm³/mol. The van der Waals surface area contributed by atoms with Crippen molar-refractivity contribution in [3.63, 3.8) is 0 Å². The van der Waals surface area contributed by atoms with Crippen molar-refractivity contribution in [2.45, 2.75) is 26.7 Å². The SMILES string of the molecule is CCC(CO)COP(=O)([O-])OCCOP(=O)([O-])OCCOP(=O)([O-])OCCOP(=O)([O-])OCCOP(=O)([O-])OCCOP(=O)([O-])OCCOP(=O)([O-])OCCOP(=O)([O-])OCC(CC)COP(=O)([O-])O. The van der Waals surface area contributed by atoms with Crippen molar-refractivity contribution in [3.05, 3.63) is 0 Å². The van der Waals surface area contributed by atoms with Crippen molar-refractivity contribution in [1.29, 1.82) is 0 Å². The third-order valence-electron chi connectivity index (χ3n) is 6.90. The Morgan fingerprint density at radius 2 is 0.457 bits per heavy atom. The minimum atomic E-state index is -5.26. The molecule has 0 rings (SSSR count). The Bertz CT molecular complexity index is 1910. The van der Waals surface area contributed by atoms with Crippen LogP contribution in [0.4, 0.5) is 0 Å². The van der Waals surface area contributed by atoms with Crippen molar-refractivity contribution in [3.8, 4) is 0 Å². The van der Waals surface area contributed by atoms with Gasteiger partial charge in [0.25, 0.3) is 70.4 Å². The summed E-state index contributed by atoms with van der Waals surface area (Å²) in [6.07, 6.45) is 0.552. The molecule has 0 spiro atoms. The maximum absolute atomic E-state index is 11.8. The van der Waals surface area contributed by atoms with E-state index in [-0.39, 0.29) is 19.6 Å². The van der Waals surface area contributed by atoms with Crippen LogP contribution < -0.4 is 44.0 Å². The van der Waals surface area contributed by atoms with Gasteiger partial charge in [-0.1, -0.05) is 13.8 Å². The largest absolute Gasteiger partial charge is 0.756 e. The average Bonchev–Trinajstić information content (AvgIpc) is 3.23. The zero-order chi connectivity index (χ0) is 53.8. The number of aliphatic hydroxyl groups is 1. The lowest BCUT2D eigenvalue weighted by Crippen LogP contribution is -2.20. The molecule has 0 aliphatic rings. The Kier molecular flexibility index (Phi) is 35.1. The predicted octanol–water partition coefficient (Wildman–Crippen LogP) is -3.48. The van der Waals surface area contributed by atoms with Gasteiger partial charge in [0, 0.05) is 18.4 Å². The van der Waals surface area contributed by atoms with Crippen LogP contribution in [0.15, 0.2) is 0 Å². The molecule has 0 amide bonds. The van der Waals surface area contributed by atoms with Gasteiger partial charge in [-0.2, -0.15) is 0 Å². The highest BCUT2D eigenvalue weighted by Gasteiger charge is 2.20. The Hall–Kier alpha value is 0.950. The molecule has 0 radical (unpaired) electrons. The van der Waals surface area contributed by atoms with E-state index < -0.39 is 188 Å². The summed E-state index contributed by atoms with van der Waals surface area (Å²) in [4.78, 5) is 113. The van der Waals surface area contributed by atoms with Crippen LogP contribution in [0.25, 0.3) is 0 Å². The standard InChI is InChI=1S/C24H59O37P9/c1-3-23(19-25)20-60-69(41,42)57-17-15-55-67(37,38)53-13-11-51-65(33,34)49-9-7-47-63(29,30)45-5-6-46-64(31,32)48-8-10-50-66(35,36)52-12-14-54-68(39,40)56-16-18-58-70(43,44)61-22-24(4-2)21-59-62(26,27)28/h23-25H,3-22H2,1-2H3,(H,29,30)(H,31,32)(H,33,34)(H,35,36)(H,37,38)(H,39,40)(H,41,42)(H,43,44)(H2,26,27,28)/p-9. The van der Waals surface area contributed by atoms with E-state index >= 15 is 0 Å². The highest BCUT2D eigenvalue weighted by Crippen LogP contribution is 2.46. The third-order valence-corrected chi connectivity index (χ3v) is 15.3. The highest BCUT2D eigenvalue weighted by atomic mass is 31.2. The molecule has 11 atom stereocenters. The van der Waals surface area contributed by atoms with Gasteiger partial charge >= 0.3 is 0 Å².